The predicted molar refractivity (Wildman–Crippen MR) is 97.5 cm³/mol. The molecule has 27 heavy (non-hydrogen) atoms. The zero-order valence-corrected chi connectivity index (χ0v) is 13.9. The van der Waals surface area contributed by atoms with Gasteiger partial charge >= 0.3 is 0 Å². The zero-order valence-electron chi connectivity index (χ0n) is 13.9. The number of alkyl halides is 2. The van der Waals surface area contributed by atoms with Gasteiger partial charge in [-0.1, -0.05) is 12.1 Å². The third kappa shape index (κ3) is 3.08. The van der Waals surface area contributed by atoms with Crippen LogP contribution in [0.25, 0.3) is 33.3 Å². The fourth-order valence-corrected chi connectivity index (χ4v) is 2.97. The van der Waals surface area contributed by atoms with E-state index < -0.39 is 17.8 Å². The first-order valence-corrected chi connectivity index (χ1v) is 8.08. The quantitative estimate of drug-likeness (QED) is 0.553. The number of nitrogens with two attached hydrogens (primary N) is 1. The number of rotatable bonds is 3. The Bertz CT molecular complexity index is 1150. The average molecular weight is 366 g/mol. The topological polar surface area (TPSA) is 64.7 Å². The van der Waals surface area contributed by atoms with Crippen molar-refractivity contribution in [1.29, 1.82) is 0 Å². The van der Waals surface area contributed by atoms with Gasteiger partial charge < -0.3 is 5.73 Å². The van der Waals surface area contributed by atoms with Crippen molar-refractivity contribution >= 4 is 16.7 Å². The summed E-state index contributed by atoms with van der Waals surface area (Å²) in [5, 5.41) is 0.678. The van der Waals surface area contributed by atoms with E-state index in [9.17, 15) is 13.2 Å². The molecule has 2 aromatic heterocycles. The number of aromatic nitrogens is 3. The summed E-state index contributed by atoms with van der Waals surface area (Å²) in [6.07, 6.45) is 0.0368. The number of pyridine rings is 1. The molecule has 134 valence electrons. The van der Waals surface area contributed by atoms with Crippen molar-refractivity contribution in [2.24, 2.45) is 0 Å². The fraction of sp³-hybridized carbons (Fsp3) is 0.0500. The molecule has 0 aliphatic rings. The number of halogens is 3. The minimum atomic E-state index is -2.91. The van der Waals surface area contributed by atoms with Crippen LogP contribution in [0, 0.1) is 5.82 Å². The first-order chi connectivity index (χ1) is 13.0. The van der Waals surface area contributed by atoms with Crippen LogP contribution < -0.4 is 5.73 Å². The lowest BCUT2D eigenvalue weighted by Gasteiger charge is -2.12. The Balaban J connectivity index is 1.90. The largest absolute Gasteiger partial charge is 0.383 e. The molecule has 7 heteroatoms. The van der Waals surface area contributed by atoms with Gasteiger partial charge in [0.15, 0.2) is 0 Å². The fourth-order valence-electron chi connectivity index (χ4n) is 2.97. The molecule has 2 N–H and O–H groups in total. The van der Waals surface area contributed by atoms with Crippen LogP contribution in [0.4, 0.5) is 19.0 Å². The van der Waals surface area contributed by atoms with E-state index in [1.807, 2.05) is 18.2 Å². The van der Waals surface area contributed by atoms with Crippen molar-refractivity contribution in [2.75, 3.05) is 5.73 Å². The van der Waals surface area contributed by atoms with Gasteiger partial charge in [-0.05, 0) is 42.0 Å². The molecule has 0 saturated heterocycles. The molecular weight excluding hydrogens is 353 g/mol. The second-order valence-electron chi connectivity index (χ2n) is 5.93. The molecule has 0 saturated carbocycles. The molecule has 0 amide bonds. The number of hydrogen-bond donors (Lipinski definition) is 1. The van der Waals surface area contributed by atoms with Gasteiger partial charge in [0.2, 0.25) is 0 Å². The molecule has 4 aromatic rings. The van der Waals surface area contributed by atoms with E-state index in [1.165, 1.54) is 12.4 Å². The normalized spacial score (nSPS) is 11.3. The molecule has 2 heterocycles. The molecule has 0 bridgehead atoms. The lowest BCUT2D eigenvalue weighted by atomic mass is 9.97. The highest BCUT2D eigenvalue weighted by Crippen LogP contribution is 2.34. The Labute approximate surface area is 152 Å². The van der Waals surface area contributed by atoms with Crippen LogP contribution in [-0.4, -0.2) is 15.0 Å². The molecule has 4 nitrogen and oxygen atoms in total. The second-order valence-corrected chi connectivity index (χ2v) is 5.93. The van der Waals surface area contributed by atoms with Gasteiger partial charge in [-0.2, -0.15) is 0 Å². The van der Waals surface area contributed by atoms with E-state index in [1.54, 1.807) is 18.3 Å². The lowest BCUT2D eigenvalue weighted by molar-refractivity contribution is 0.146. The van der Waals surface area contributed by atoms with Crippen LogP contribution in [0.1, 0.15) is 12.0 Å². The van der Waals surface area contributed by atoms with Gasteiger partial charge in [0.05, 0.1) is 16.8 Å². The van der Waals surface area contributed by atoms with Crippen molar-refractivity contribution in [3.63, 3.8) is 0 Å². The summed E-state index contributed by atoms with van der Waals surface area (Å²) >= 11 is 0. The minimum Gasteiger partial charge on any atom is -0.383 e. The molecule has 2 aromatic carbocycles. The molecule has 0 atom stereocenters. The highest BCUT2D eigenvalue weighted by molar-refractivity contribution is 5.93. The maximum atomic E-state index is 13.7. The Hall–Kier alpha value is -3.48. The van der Waals surface area contributed by atoms with Crippen LogP contribution in [0.2, 0.25) is 0 Å². The van der Waals surface area contributed by atoms with Gasteiger partial charge in [-0.25, -0.2) is 23.1 Å². The summed E-state index contributed by atoms with van der Waals surface area (Å²) in [4.78, 5) is 12.5. The first-order valence-electron chi connectivity index (χ1n) is 8.08. The summed E-state index contributed by atoms with van der Waals surface area (Å²) in [7, 11) is 0. The summed E-state index contributed by atoms with van der Waals surface area (Å²) in [6, 6.07) is 12.6. The van der Waals surface area contributed by atoms with Gasteiger partial charge in [-0.15, -0.1) is 0 Å². The number of fused-ring (bicyclic) bond motifs is 1. The molecule has 0 unspecified atom stereocenters. The van der Waals surface area contributed by atoms with Crippen molar-refractivity contribution in [3.8, 4) is 22.4 Å². The molecular formula is C20H13F3N4. The monoisotopic (exact) mass is 366 g/mol. The molecule has 0 aliphatic heterocycles. The molecule has 0 fully saturated rings. The molecule has 0 aliphatic carbocycles. The lowest BCUT2D eigenvalue weighted by Crippen LogP contribution is -1.96. The van der Waals surface area contributed by atoms with Crippen LogP contribution >= 0.6 is 0 Å². The first kappa shape index (κ1) is 17.0. The number of hydrogen-bond acceptors (Lipinski definition) is 4. The van der Waals surface area contributed by atoms with Crippen molar-refractivity contribution in [3.05, 3.63) is 72.4 Å². The summed E-state index contributed by atoms with van der Waals surface area (Å²) < 4.78 is 39.8. The van der Waals surface area contributed by atoms with Gasteiger partial charge in [0.25, 0.3) is 6.43 Å². The van der Waals surface area contributed by atoms with E-state index in [0.717, 1.165) is 17.7 Å². The van der Waals surface area contributed by atoms with E-state index in [-0.39, 0.29) is 0 Å². The Morgan fingerprint density at radius 1 is 0.889 bits per heavy atom. The van der Waals surface area contributed by atoms with E-state index >= 15 is 0 Å². The maximum Gasteiger partial charge on any atom is 0.266 e. The van der Waals surface area contributed by atoms with Crippen molar-refractivity contribution in [2.45, 2.75) is 6.43 Å². The Morgan fingerprint density at radius 2 is 1.70 bits per heavy atom. The molecule has 0 spiro atoms. The predicted octanol–water partition coefficient (Wildman–Crippen LogP) is 5.02. The summed E-state index contributed by atoms with van der Waals surface area (Å²) in [5.74, 6) is -0.601. The SMILES string of the molecule is Nc1ncnc2ccc(-c3cccnc3-c3ccc(F)c(C(F)F)c3)cc12. The van der Waals surface area contributed by atoms with Crippen molar-refractivity contribution in [1.82, 2.24) is 15.0 Å². The number of nitrogen functional groups attached to an aromatic ring is 1. The summed E-state index contributed by atoms with van der Waals surface area (Å²) in [6.45, 7) is 0. The van der Waals surface area contributed by atoms with E-state index in [2.05, 4.69) is 15.0 Å². The van der Waals surface area contributed by atoms with Crippen LogP contribution in [0.3, 0.4) is 0 Å². The summed E-state index contributed by atoms with van der Waals surface area (Å²) in [5.41, 5.74) is 8.32. The standard InChI is InChI=1S/C20H13F3N4/c21-16-5-3-12(9-14(16)19(22)23)18-13(2-1-7-25-18)11-4-6-17-15(8-11)20(24)27-10-26-17/h1-10,19H,(H2,24,26,27). The van der Waals surface area contributed by atoms with E-state index in [0.29, 0.717) is 33.5 Å². The highest BCUT2D eigenvalue weighted by Gasteiger charge is 2.17. The zero-order chi connectivity index (χ0) is 19.0. The molecule has 4 rings (SSSR count). The minimum absolute atomic E-state index is 0.342. The average Bonchev–Trinajstić information content (AvgIpc) is 2.68. The Morgan fingerprint density at radius 3 is 2.52 bits per heavy atom. The number of anilines is 1. The van der Waals surface area contributed by atoms with Crippen LogP contribution in [0.5, 0.6) is 0 Å². The van der Waals surface area contributed by atoms with Gasteiger partial charge in [0, 0.05) is 22.7 Å². The second kappa shape index (κ2) is 6.68. The van der Waals surface area contributed by atoms with Crippen molar-refractivity contribution < 1.29 is 13.2 Å². The van der Waals surface area contributed by atoms with Crippen LogP contribution in [-0.2, 0) is 0 Å². The van der Waals surface area contributed by atoms with Gasteiger partial charge in [-0.3, -0.25) is 4.98 Å². The van der Waals surface area contributed by atoms with Gasteiger partial charge in [0.1, 0.15) is 18.0 Å². The van der Waals surface area contributed by atoms with E-state index in [4.69, 9.17) is 5.73 Å². The molecule has 0 radical (unpaired) electrons. The highest BCUT2D eigenvalue weighted by atomic mass is 19.3. The third-order valence-electron chi connectivity index (χ3n) is 4.29. The number of benzene rings is 2. The third-order valence-corrected chi connectivity index (χ3v) is 4.29. The van der Waals surface area contributed by atoms with Crippen LogP contribution in [0.15, 0.2) is 61.1 Å². The smallest absolute Gasteiger partial charge is 0.266 e. The maximum absolute atomic E-state index is 13.7. The Kier molecular flexibility index (Phi) is 4.19. The number of nitrogens with zero attached hydrogens (tertiary/aromatic N) is 3.